The molecule has 0 spiro atoms. The van der Waals surface area contributed by atoms with Gasteiger partial charge in [0.25, 0.3) is 0 Å². The van der Waals surface area contributed by atoms with Gasteiger partial charge in [0.15, 0.2) is 5.82 Å². The fraction of sp³-hybridized carbons (Fsp3) is 0.357. The molecule has 0 saturated carbocycles. The lowest BCUT2D eigenvalue weighted by Crippen LogP contribution is -2.27. The maximum Gasteiger partial charge on any atom is 0.153 e. The first-order valence-corrected chi connectivity index (χ1v) is 8.13. The van der Waals surface area contributed by atoms with E-state index in [-0.39, 0.29) is 5.41 Å². The van der Waals surface area contributed by atoms with Gasteiger partial charge in [-0.25, -0.2) is 0 Å². The van der Waals surface area contributed by atoms with Crippen molar-refractivity contribution in [3.63, 3.8) is 0 Å². The first kappa shape index (κ1) is 14.2. The second-order valence-electron chi connectivity index (χ2n) is 5.03. The highest BCUT2D eigenvalue weighted by Gasteiger charge is 2.21. The van der Waals surface area contributed by atoms with Gasteiger partial charge in [0.2, 0.25) is 0 Å². The van der Waals surface area contributed by atoms with Crippen LogP contribution in [0.3, 0.4) is 0 Å². The van der Waals surface area contributed by atoms with E-state index >= 15 is 0 Å². The van der Waals surface area contributed by atoms with Gasteiger partial charge in [0.05, 0.1) is 4.90 Å². The Morgan fingerprint density at radius 3 is 2.63 bits per heavy atom. The molecule has 2 rings (SSSR count). The van der Waals surface area contributed by atoms with Gasteiger partial charge in [-0.1, -0.05) is 44.2 Å². The highest BCUT2D eigenvalue weighted by Crippen LogP contribution is 2.35. The van der Waals surface area contributed by atoms with E-state index in [4.69, 9.17) is 5.73 Å². The van der Waals surface area contributed by atoms with Crippen LogP contribution in [0.5, 0.6) is 0 Å². The van der Waals surface area contributed by atoms with Crippen molar-refractivity contribution in [2.24, 2.45) is 0 Å². The van der Waals surface area contributed by atoms with Gasteiger partial charge in [0.1, 0.15) is 5.00 Å². The minimum absolute atomic E-state index is 0.0652. The van der Waals surface area contributed by atoms with Crippen LogP contribution in [0.25, 0.3) is 0 Å². The molecule has 0 aliphatic rings. The van der Waals surface area contributed by atoms with E-state index in [9.17, 15) is 0 Å². The predicted molar refractivity (Wildman–Crippen MR) is 86.3 cm³/mol. The van der Waals surface area contributed by atoms with E-state index in [1.807, 2.05) is 12.3 Å². The molecule has 0 atom stereocenters. The van der Waals surface area contributed by atoms with Crippen molar-refractivity contribution in [3.8, 4) is 0 Å². The van der Waals surface area contributed by atoms with Crippen LogP contribution < -0.4 is 11.1 Å². The lowest BCUT2D eigenvalue weighted by molar-refractivity contribution is 0.557. The molecule has 19 heavy (non-hydrogen) atoms. The van der Waals surface area contributed by atoms with Gasteiger partial charge < -0.3 is 11.1 Å². The van der Waals surface area contributed by atoms with Crippen LogP contribution in [0.4, 0.5) is 10.8 Å². The second-order valence-corrected chi connectivity index (χ2v) is 6.62. The summed E-state index contributed by atoms with van der Waals surface area (Å²) in [6, 6.07) is 10.5. The van der Waals surface area contributed by atoms with Gasteiger partial charge in [-0.05, 0) is 23.4 Å². The number of nitrogens with two attached hydrogens (primary N) is 1. The zero-order valence-corrected chi connectivity index (χ0v) is 13.1. The average Bonchev–Trinajstić information content (AvgIpc) is 2.78. The van der Waals surface area contributed by atoms with Crippen LogP contribution in [0, 0.1) is 0 Å². The third-order valence-electron chi connectivity index (χ3n) is 3.12. The Balaban J connectivity index is 2.09. The minimum atomic E-state index is 0.0652. The van der Waals surface area contributed by atoms with Crippen molar-refractivity contribution < 1.29 is 0 Å². The molecule has 5 heteroatoms. The van der Waals surface area contributed by atoms with E-state index < -0.39 is 0 Å². The maximum absolute atomic E-state index is 5.84. The van der Waals surface area contributed by atoms with Crippen LogP contribution in [0.15, 0.2) is 35.2 Å². The Morgan fingerprint density at radius 2 is 2.00 bits per heavy atom. The molecule has 102 valence electrons. The van der Waals surface area contributed by atoms with Gasteiger partial charge in [-0.15, -0.1) is 11.8 Å². The number of thioether (sulfide) groups is 1. The number of nitrogen functional groups attached to an aromatic ring is 1. The first-order chi connectivity index (χ1) is 9.04. The van der Waals surface area contributed by atoms with Crippen molar-refractivity contribution in [2.45, 2.75) is 24.2 Å². The smallest absolute Gasteiger partial charge is 0.153 e. The molecule has 2 aromatic rings. The normalized spacial score (nSPS) is 11.5. The van der Waals surface area contributed by atoms with E-state index in [2.05, 4.69) is 47.8 Å². The highest BCUT2D eigenvalue weighted by molar-refractivity contribution is 7.99. The lowest BCUT2D eigenvalue weighted by Gasteiger charge is -2.26. The molecule has 0 bridgehead atoms. The summed E-state index contributed by atoms with van der Waals surface area (Å²) in [4.78, 5) is 1.05. The van der Waals surface area contributed by atoms with Gasteiger partial charge in [-0.3, -0.25) is 0 Å². The monoisotopic (exact) mass is 293 g/mol. The molecule has 1 aromatic carbocycles. The number of anilines is 2. The first-order valence-electron chi connectivity index (χ1n) is 6.13. The number of benzene rings is 1. The molecule has 0 amide bonds. The zero-order chi connectivity index (χ0) is 13.9. The lowest BCUT2D eigenvalue weighted by atomic mass is 9.85. The third kappa shape index (κ3) is 3.22. The van der Waals surface area contributed by atoms with Crippen molar-refractivity contribution >= 4 is 34.1 Å². The third-order valence-corrected chi connectivity index (χ3v) is 4.89. The molecule has 0 aliphatic heterocycles. The van der Waals surface area contributed by atoms with Crippen molar-refractivity contribution in [3.05, 3.63) is 35.9 Å². The van der Waals surface area contributed by atoms with Crippen LogP contribution in [-0.2, 0) is 5.41 Å². The topological polar surface area (TPSA) is 50.9 Å². The summed E-state index contributed by atoms with van der Waals surface area (Å²) >= 11 is 3.07. The summed E-state index contributed by atoms with van der Waals surface area (Å²) in [6.07, 6.45) is 2.02. The molecule has 1 aromatic heterocycles. The summed E-state index contributed by atoms with van der Waals surface area (Å²) in [5.41, 5.74) is 7.23. The van der Waals surface area contributed by atoms with E-state index in [0.717, 1.165) is 16.4 Å². The summed E-state index contributed by atoms with van der Waals surface area (Å²) < 4.78 is 4.20. The standard InChI is InChI=1S/C14H19N3S2/c1-14(2,10-7-5-4-6-8-10)9-16-13-11(18-3)12(15)17-19-13/h4-8,16H,9H2,1-3H3,(H2,15,17). The fourth-order valence-corrected chi connectivity index (χ4v) is 3.43. The summed E-state index contributed by atoms with van der Waals surface area (Å²) in [6.45, 7) is 5.32. The Labute approximate surface area is 122 Å². The summed E-state index contributed by atoms with van der Waals surface area (Å²) in [5.74, 6) is 0.623. The van der Waals surface area contributed by atoms with Gasteiger partial charge in [0, 0.05) is 12.0 Å². The minimum Gasteiger partial charge on any atom is -0.382 e. The van der Waals surface area contributed by atoms with Gasteiger partial charge in [-0.2, -0.15) is 4.37 Å². The molecule has 3 N–H and O–H groups in total. The molecule has 3 nitrogen and oxygen atoms in total. The average molecular weight is 293 g/mol. The largest absolute Gasteiger partial charge is 0.382 e. The number of aromatic nitrogens is 1. The molecular weight excluding hydrogens is 274 g/mol. The second kappa shape index (κ2) is 5.84. The zero-order valence-electron chi connectivity index (χ0n) is 11.4. The van der Waals surface area contributed by atoms with E-state index in [1.165, 1.54) is 17.1 Å². The van der Waals surface area contributed by atoms with Crippen LogP contribution in [0.1, 0.15) is 19.4 Å². The van der Waals surface area contributed by atoms with Crippen LogP contribution in [0.2, 0.25) is 0 Å². The molecule has 0 saturated heterocycles. The van der Waals surface area contributed by atoms with Gasteiger partial charge >= 0.3 is 0 Å². The SMILES string of the molecule is CSc1c(N)nsc1NCC(C)(C)c1ccccc1. The highest BCUT2D eigenvalue weighted by atomic mass is 32.2. The Hall–Kier alpha value is -1.20. The Bertz CT molecular complexity index is 535. The Kier molecular flexibility index (Phi) is 4.37. The number of nitrogens with zero attached hydrogens (tertiary/aromatic N) is 1. The van der Waals surface area contributed by atoms with Crippen molar-refractivity contribution in [2.75, 3.05) is 23.9 Å². The fourth-order valence-electron chi connectivity index (χ4n) is 1.90. The summed E-state index contributed by atoms with van der Waals surface area (Å²) in [7, 11) is 0. The molecule has 1 heterocycles. The van der Waals surface area contributed by atoms with E-state index in [1.54, 1.807) is 11.8 Å². The quantitative estimate of drug-likeness (QED) is 0.822. The molecule has 0 unspecified atom stereocenters. The van der Waals surface area contributed by atoms with Crippen molar-refractivity contribution in [1.82, 2.24) is 4.37 Å². The number of hydrogen-bond donors (Lipinski definition) is 2. The van der Waals surface area contributed by atoms with Crippen LogP contribution in [-0.4, -0.2) is 17.2 Å². The predicted octanol–water partition coefficient (Wildman–Crippen LogP) is 3.84. The molecule has 0 fully saturated rings. The van der Waals surface area contributed by atoms with E-state index in [0.29, 0.717) is 5.82 Å². The molecular formula is C14H19N3S2. The Morgan fingerprint density at radius 1 is 1.32 bits per heavy atom. The number of rotatable bonds is 5. The maximum atomic E-state index is 5.84. The van der Waals surface area contributed by atoms with Crippen molar-refractivity contribution in [1.29, 1.82) is 0 Å². The summed E-state index contributed by atoms with van der Waals surface area (Å²) in [5, 5.41) is 4.54. The van der Waals surface area contributed by atoms with Crippen LogP contribution >= 0.6 is 23.3 Å². The molecule has 0 radical (unpaired) electrons. The number of nitrogens with one attached hydrogen (secondary N) is 1. The molecule has 0 aliphatic carbocycles. The number of hydrogen-bond acceptors (Lipinski definition) is 5.